The minimum absolute atomic E-state index is 0.00673. The van der Waals surface area contributed by atoms with Crippen LogP contribution in [0, 0.1) is 28.6 Å². The van der Waals surface area contributed by atoms with Gasteiger partial charge in [0, 0.05) is 37.9 Å². The lowest BCUT2D eigenvalue weighted by molar-refractivity contribution is -0.213. The van der Waals surface area contributed by atoms with Crippen molar-refractivity contribution >= 4 is 5.78 Å². The maximum atomic E-state index is 13.1. The maximum Gasteiger partial charge on any atom is 0.171 e. The standard InChI is InChI=1S/C22H32O3/c1-20-8-6-16-15-7-9-22(24-2,25-3)12-14(15)4-5-17(16)18(20)13-21(10-11-21)19(20)23/h16-18H,4-13H2,1-3H3/t16-,17-,18+,20+/m1/s1. The third kappa shape index (κ3) is 2.09. The fourth-order valence-corrected chi connectivity index (χ4v) is 7.30. The third-order valence-corrected chi connectivity index (χ3v) is 8.97. The average molecular weight is 344 g/mol. The number of hydrogen-bond donors (Lipinski definition) is 0. The zero-order chi connectivity index (χ0) is 17.4. The van der Waals surface area contributed by atoms with E-state index in [1.807, 2.05) is 0 Å². The molecule has 3 nitrogen and oxygen atoms in total. The molecule has 5 aliphatic rings. The Bertz CT molecular complexity index is 640. The molecule has 0 aromatic carbocycles. The zero-order valence-corrected chi connectivity index (χ0v) is 16.0. The van der Waals surface area contributed by atoms with Crippen molar-refractivity contribution in [2.75, 3.05) is 14.2 Å². The molecule has 1 spiro atoms. The van der Waals surface area contributed by atoms with Crippen LogP contribution in [0.2, 0.25) is 0 Å². The van der Waals surface area contributed by atoms with Crippen molar-refractivity contribution in [1.29, 1.82) is 0 Å². The SMILES string of the molecule is COC1(OC)CCC2=C(CC[C@@H]3[C@@H]2CC[C@]2(C)C(=O)C4(CC4)C[C@@H]32)C1. The van der Waals surface area contributed by atoms with Crippen molar-refractivity contribution in [3.05, 3.63) is 11.1 Å². The molecule has 0 amide bonds. The summed E-state index contributed by atoms with van der Waals surface area (Å²) in [4.78, 5) is 13.1. The van der Waals surface area contributed by atoms with Gasteiger partial charge in [0.1, 0.15) is 5.78 Å². The van der Waals surface area contributed by atoms with Crippen molar-refractivity contribution < 1.29 is 14.3 Å². The van der Waals surface area contributed by atoms with Gasteiger partial charge in [-0.25, -0.2) is 0 Å². The molecule has 0 aliphatic heterocycles. The highest BCUT2D eigenvalue weighted by atomic mass is 16.7. The molecule has 0 saturated heterocycles. The van der Waals surface area contributed by atoms with E-state index in [1.54, 1.807) is 25.4 Å². The Balaban J connectivity index is 1.45. The summed E-state index contributed by atoms with van der Waals surface area (Å²) in [6.45, 7) is 2.31. The largest absolute Gasteiger partial charge is 0.353 e. The normalized spacial score (nSPS) is 43.6. The van der Waals surface area contributed by atoms with Crippen LogP contribution in [0.3, 0.4) is 0 Å². The monoisotopic (exact) mass is 344 g/mol. The van der Waals surface area contributed by atoms with Crippen LogP contribution < -0.4 is 0 Å². The molecule has 0 heterocycles. The maximum absolute atomic E-state index is 13.1. The molecule has 0 aromatic heterocycles. The topological polar surface area (TPSA) is 35.5 Å². The first-order chi connectivity index (χ1) is 12.0. The number of ether oxygens (including phenoxy) is 2. The van der Waals surface area contributed by atoms with Crippen LogP contribution in [0.4, 0.5) is 0 Å². The van der Waals surface area contributed by atoms with Gasteiger partial charge in [0.15, 0.2) is 5.79 Å². The highest BCUT2D eigenvalue weighted by molar-refractivity contribution is 5.95. The number of hydrogen-bond acceptors (Lipinski definition) is 3. The number of methoxy groups -OCH3 is 2. The predicted octanol–water partition coefficient (Wildman–Crippen LogP) is 4.65. The zero-order valence-electron chi connectivity index (χ0n) is 16.0. The highest BCUT2D eigenvalue weighted by Crippen LogP contribution is 2.70. The number of Topliss-reactive ketones (excluding diaryl/α,β-unsaturated/α-hetero) is 1. The van der Waals surface area contributed by atoms with Crippen LogP contribution in [-0.2, 0) is 14.3 Å². The van der Waals surface area contributed by atoms with E-state index in [0.29, 0.717) is 11.7 Å². The smallest absolute Gasteiger partial charge is 0.171 e. The van der Waals surface area contributed by atoms with E-state index in [4.69, 9.17) is 9.47 Å². The molecule has 0 bridgehead atoms. The summed E-state index contributed by atoms with van der Waals surface area (Å²) in [6, 6.07) is 0. The molecule has 0 radical (unpaired) electrons. The van der Waals surface area contributed by atoms with Gasteiger partial charge < -0.3 is 9.47 Å². The first-order valence-electron chi connectivity index (χ1n) is 10.3. The molecule has 3 heteroatoms. The minimum atomic E-state index is -0.393. The van der Waals surface area contributed by atoms with E-state index in [0.717, 1.165) is 37.5 Å². The number of allylic oxidation sites excluding steroid dienone is 1. The van der Waals surface area contributed by atoms with E-state index < -0.39 is 5.79 Å². The molecular weight excluding hydrogens is 312 g/mol. The second-order valence-electron chi connectivity index (χ2n) is 9.81. The van der Waals surface area contributed by atoms with Crippen LogP contribution in [0.5, 0.6) is 0 Å². The lowest BCUT2D eigenvalue weighted by atomic mass is 9.54. The Kier molecular flexibility index (Phi) is 3.43. The Hall–Kier alpha value is -0.670. The molecule has 0 aromatic rings. The van der Waals surface area contributed by atoms with E-state index in [-0.39, 0.29) is 10.8 Å². The van der Waals surface area contributed by atoms with Gasteiger partial charge in [-0.2, -0.15) is 0 Å². The lowest BCUT2D eigenvalue weighted by Gasteiger charge is -2.51. The van der Waals surface area contributed by atoms with Crippen LogP contribution in [0.15, 0.2) is 11.1 Å². The summed E-state index contributed by atoms with van der Waals surface area (Å²) in [6.07, 6.45) is 11.4. The van der Waals surface area contributed by atoms with E-state index in [9.17, 15) is 4.79 Å². The van der Waals surface area contributed by atoms with Gasteiger partial charge >= 0.3 is 0 Å². The van der Waals surface area contributed by atoms with Gasteiger partial charge in [-0.05, 0) is 69.1 Å². The summed E-state index contributed by atoms with van der Waals surface area (Å²) in [7, 11) is 3.57. The van der Waals surface area contributed by atoms with Crippen molar-refractivity contribution in [3.63, 3.8) is 0 Å². The summed E-state index contributed by atoms with van der Waals surface area (Å²) in [5, 5.41) is 0. The molecule has 5 aliphatic carbocycles. The number of carbonyl (C=O) groups excluding carboxylic acids is 1. The van der Waals surface area contributed by atoms with E-state index >= 15 is 0 Å². The third-order valence-electron chi connectivity index (χ3n) is 8.97. The highest BCUT2D eigenvalue weighted by Gasteiger charge is 2.68. The van der Waals surface area contributed by atoms with Gasteiger partial charge in [-0.15, -0.1) is 0 Å². The Morgan fingerprint density at radius 3 is 2.44 bits per heavy atom. The molecule has 138 valence electrons. The molecule has 0 unspecified atom stereocenters. The first-order valence-corrected chi connectivity index (χ1v) is 10.3. The van der Waals surface area contributed by atoms with Gasteiger partial charge in [0.05, 0.1) is 0 Å². The van der Waals surface area contributed by atoms with Crippen LogP contribution >= 0.6 is 0 Å². The molecule has 5 rings (SSSR count). The Morgan fingerprint density at radius 1 is 1.00 bits per heavy atom. The van der Waals surface area contributed by atoms with Gasteiger partial charge in [-0.3, -0.25) is 4.79 Å². The minimum Gasteiger partial charge on any atom is -0.353 e. The van der Waals surface area contributed by atoms with Crippen LogP contribution in [-0.4, -0.2) is 25.8 Å². The quantitative estimate of drug-likeness (QED) is 0.540. The molecule has 4 atom stereocenters. The van der Waals surface area contributed by atoms with E-state index in [2.05, 4.69) is 6.92 Å². The second kappa shape index (κ2) is 5.19. The first kappa shape index (κ1) is 16.5. The number of fused-ring (bicyclic) bond motifs is 4. The number of rotatable bonds is 2. The van der Waals surface area contributed by atoms with Crippen molar-refractivity contribution in [3.8, 4) is 0 Å². The molecule has 0 N–H and O–H groups in total. The molecule has 3 fully saturated rings. The fourth-order valence-electron chi connectivity index (χ4n) is 7.30. The van der Waals surface area contributed by atoms with Crippen molar-refractivity contribution in [2.45, 2.75) is 76.9 Å². The van der Waals surface area contributed by atoms with Gasteiger partial charge in [0.25, 0.3) is 0 Å². The fraction of sp³-hybridized carbons (Fsp3) is 0.864. The average Bonchev–Trinajstić information content (AvgIpc) is 3.39. The molecular formula is C22H32O3. The Labute approximate surface area is 151 Å². The predicted molar refractivity (Wildman–Crippen MR) is 96.0 cm³/mol. The van der Waals surface area contributed by atoms with Crippen molar-refractivity contribution in [2.24, 2.45) is 28.6 Å². The molecule has 25 heavy (non-hydrogen) atoms. The number of ketones is 1. The van der Waals surface area contributed by atoms with Gasteiger partial charge in [0.2, 0.25) is 0 Å². The Morgan fingerprint density at radius 2 is 1.76 bits per heavy atom. The van der Waals surface area contributed by atoms with Gasteiger partial charge in [-0.1, -0.05) is 18.1 Å². The summed E-state index contributed by atoms with van der Waals surface area (Å²) in [5.41, 5.74) is 3.46. The number of carbonyl (C=O) groups is 1. The molecule has 3 saturated carbocycles. The van der Waals surface area contributed by atoms with Crippen molar-refractivity contribution in [1.82, 2.24) is 0 Å². The van der Waals surface area contributed by atoms with Crippen LogP contribution in [0.25, 0.3) is 0 Å². The second-order valence-corrected chi connectivity index (χ2v) is 9.81. The van der Waals surface area contributed by atoms with E-state index in [1.165, 1.54) is 38.5 Å². The lowest BCUT2D eigenvalue weighted by Crippen LogP contribution is -2.46. The summed E-state index contributed by atoms with van der Waals surface area (Å²) < 4.78 is 11.5. The van der Waals surface area contributed by atoms with Crippen LogP contribution in [0.1, 0.15) is 71.1 Å². The summed E-state index contributed by atoms with van der Waals surface area (Å²) >= 11 is 0. The summed E-state index contributed by atoms with van der Waals surface area (Å²) in [5.74, 6) is 2.38.